The number of benzene rings is 1. The van der Waals surface area contributed by atoms with Crippen molar-refractivity contribution in [2.45, 2.75) is 44.8 Å². The van der Waals surface area contributed by atoms with Crippen LogP contribution in [-0.2, 0) is 11.2 Å². The Morgan fingerprint density at radius 1 is 1.26 bits per heavy atom. The molecule has 0 amide bonds. The smallest absolute Gasteiger partial charge is 0.119 e. The van der Waals surface area contributed by atoms with Crippen LogP contribution in [0.1, 0.15) is 31.7 Å². The lowest BCUT2D eigenvalue weighted by Gasteiger charge is -2.23. The molecule has 1 aliphatic rings. The van der Waals surface area contributed by atoms with Gasteiger partial charge in [0.05, 0.1) is 13.2 Å². The van der Waals surface area contributed by atoms with Gasteiger partial charge in [-0.25, -0.2) is 0 Å². The zero-order chi connectivity index (χ0) is 13.5. The molecule has 1 N–H and O–H groups in total. The topological polar surface area (TPSA) is 30.5 Å². The first-order valence-corrected chi connectivity index (χ1v) is 7.28. The van der Waals surface area contributed by atoms with Crippen LogP contribution in [0, 0.1) is 0 Å². The average molecular weight is 263 g/mol. The monoisotopic (exact) mass is 263 g/mol. The van der Waals surface area contributed by atoms with Crippen molar-refractivity contribution in [3.63, 3.8) is 0 Å². The lowest BCUT2D eigenvalue weighted by atomic mass is 10.1. The van der Waals surface area contributed by atoms with Crippen molar-refractivity contribution in [3.05, 3.63) is 29.8 Å². The first kappa shape index (κ1) is 14.4. The van der Waals surface area contributed by atoms with Gasteiger partial charge in [-0.3, -0.25) is 0 Å². The largest absolute Gasteiger partial charge is 0.490 e. The molecular weight excluding hydrogens is 238 g/mol. The van der Waals surface area contributed by atoms with Crippen molar-refractivity contribution in [2.75, 3.05) is 20.3 Å². The molecule has 0 spiro atoms. The molecule has 1 aromatic carbocycles. The third-order valence-electron chi connectivity index (χ3n) is 3.75. The summed E-state index contributed by atoms with van der Waals surface area (Å²) in [6.07, 6.45) is 4.60. The molecule has 1 unspecified atom stereocenters. The molecule has 19 heavy (non-hydrogen) atoms. The molecule has 1 aliphatic heterocycles. The van der Waals surface area contributed by atoms with Gasteiger partial charge in [0.1, 0.15) is 11.9 Å². The maximum Gasteiger partial charge on any atom is 0.119 e. The Hall–Kier alpha value is -1.06. The predicted molar refractivity (Wildman–Crippen MR) is 77.8 cm³/mol. The molecule has 1 saturated heterocycles. The summed E-state index contributed by atoms with van der Waals surface area (Å²) in [5.41, 5.74) is 1.38. The van der Waals surface area contributed by atoms with Gasteiger partial charge in [-0.15, -0.1) is 0 Å². The molecule has 0 radical (unpaired) electrons. The lowest BCUT2D eigenvalue weighted by molar-refractivity contribution is 0.0255. The molecule has 0 bridgehead atoms. The molecule has 0 aromatic heterocycles. The Morgan fingerprint density at radius 3 is 2.58 bits per heavy atom. The number of aryl methyl sites for hydroxylation is 1. The van der Waals surface area contributed by atoms with E-state index in [4.69, 9.17) is 9.47 Å². The predicted octanol–water partition coefficient (Wildman–Crippen LogP) is 2.78. The van der Waals surface area contributed by atoms with Crippen molar-refractivity contribution < 1.29 is 9.47 Å². The molecule has 3 heteroatoms. The third kappa shape index (κ3) is 4.84. The van der Waals surface area contributed by atoms with Gasteiger partial charge in [0.25, 0.3) is 0 Å². The summed E-state index contributed by atoms with van der Waals surface area (Å²) < 4.78 is 11.3. The second-order valence-electron chi connectivity index (χ2n) is 5.30. The molecule has 1 fully saturated rings. The fourth-order valence-electron chi connectivity index (χ4n) is 2.25. The number of rotatable bonds is 6. The molecule has 1 heterocycles. The summed E-state index contributed by atoms with van der Waals surface area (Å²) in [4.78, 5) is 0. The van der Waals surface area contributed by atoms with Gasteiger partial charge in [-0.1, -0.05) is 12.1 Å². The summed E-state index contributed by atoms with van der Waals surface area (Å²) in [6, 6.07) is 9.11. The van der Waals surface area contributed by atoms with Crippen molar-refractivity contribution >= 4 is 0 Å². The highest BCUT2D eigenvalue weighted by Gasteiger charge is 2.14. The van der Waals surface area contributed by atoms with Crippen molar-refractivity contribution in [1.29, 1.82) is 0 Å². The van der Waals surface area contributed by atoms with Gasteiger partial charge >= 0.3 is 0 Å². The maximum absolute atomic E-state index is 5.96. The molecule has 0 saturated carbocycles. The first-order valence-electron chi connectivity index (χ1n) is 7.28. The van der Waals surface area contributed by atoms with E-state index in [-0.39, 0.29) is 0 Å². The Morgan fingerprint density at radius 2 is 1.95 bits per heavy atom. The summed E-state index contributed by atoms with van der Waals surface area (Å²) in [7, 11) is 2.01. The minimum absolute atomic E-state index is 0.323. The van der Waals surface area contributed by atoms with Gasteiger partial charge in [0.15, 0.2) is 0 Å². The summed E-state index contributed by atoms with van der Waals surface area (Å²) in [5, 5.41) is 3.26. The summed E-state index contributed by atoms with van der Waals surface area (Å²) in [5.74, 6) is 0.984. The number of nitrogens with one attached hydrogen (secondary N) is 1. The van der Waals surface area contributed by atoms with E-state index in [1.54, 1.807) is 0 Å². The van der Waals surface area contributed by atoms with Crippen molar-refractivity contribution in [3.8, 4) is 5.75 Å². The van der Waals surface area contributed by atoms with E-state index in [0.29, 0.717) is 12.1 Å². The van der Waals surface area contributed by atoms with Gasteiger partial charge in [-0.2, -0.15) is 0 Å². The maximum atomic E-state index is 5.96. The summed E-state index contributed by atoms with van der Waals surface area (Å²) >= 11 is 0. The quantitative estimate of drug-likeness (QED) is 0.856. The number of hydrogen-bond donors (Lipinski definition) is 1. The zero-order valence-corrected chi connectivity index (χ0v) is 12.0. The molecular formula is C16H25NO2. The third-order valence-corrected chi connectivity index (χ3v) is 3.75. The van der Waals surface area contributed by atoms with E-state index in [1.165, 1.54) is 5.56 Å². The standard InChI is InChI=1S/C16H25NO2/c1-13(17-2)3-4-14-5-7-15(8-6-14)19-16-9-11-18-12-10-16/h5-8,13,16-17H,3-4,9-12H2,1-2H3. The Balaban J connectivity index is 1.80. The fourth-order valence-corrected chi connectivity index (χ4v) is 2.25. The number of ether oxygens (including phenoxy) is 2. The van der Waals surface area contributed by atoms with Crippen LogP contribution in [0.15, 0.2) is 24.3 Å². The average Bonchev–Trinajstić information content (AvgIpc) is 2.47. The molecule has 1 atom stereocenters. The SMILES string of the molecule is CNC(C)CCc1ccc(OC2CCOCC2)cc1. The van der Waals surface area contributed by atoms with E-state index in [9.17, 15) is 0 Å². The van der Waals surface area contributed by atoms with Crippen LogP contribution in [-0.4, -0.2) is 32.4 Å². The van der Waals surface area contributed by atoms with Crippen LogP contribution in [0.3, 0.4) is 0 Å². The minimum atomic E-state index is 0.323. The van der Waals surface area contributed by atoms with E-state index >= 15 is 0 Å². The number of hydrogen-bond acceptors (Lipinski definition) is 3. The van der Waals surface area contributed by atoms with Crippen LogP contribution in [0.2, 0.25) is 0 Å². The van der Waals surface area contributed by atoms with Crippen LogP contribution in [0.5, 0.6) is 5.75 Å². The van der Waals surface area contributed by atoms with Gasteiger partial charge < -0.3 is 14.8 Å². The Labute approximate surface area is 116 Å². The first-order chi connectivity index (χ1) is 9.28. The molecule has 106 valence electrons. The van der Waals surface area contributed by atoms with E-state index < -0.39 is 0 Å². The van der Waals surface area contributed by atoms with Crippen LogP contribution in [0.4, 0.5) is 0 Å². The van der Waals surface area contributed by atoms with E-state index in [2.05, 4.69) is 36.5 Å². The normalized spacial score (nSPS) is 18.2. The molecule has 0 aliphatic carbocycles. The van der Waals surface area contributed by atoms with E-state index in [1.807, 2.05) is 7.05 Å². The van der Waals surface area contributed by atoms with Gasteiger partial charge in [-0.05, 0) is 44.5 Å². The molecule has 1 aromatic rings. The highest BCUT2D eigenvalue weighted by molar-refractivity contribution is 5.27. The van der Waals surface area contributed by atoms with Crippen molar-refractivity contribution in [2.24, 2.45) is 0 Å². The van der Waals surface area contributed by atoms with Crippen LogP contribution in [0.25, 0.3) is 0 Å². The molecule has 3 nitrogen and oxygen atoms in total. The van der Waals surface area contributed by atoms with Crippen LogP contribution >= 0.6 is 0 Å². The zero-order valence-electron chi connectivity index (χ0n) is 12.0. The van der Waals surface area contributed by atoms with E-state index in [0.717, 1.165) is 44.6 Å². The fraction of sp³-hybridized carbons (Fsp3) is 0.625. The van der Waals surface area contributed by atoms with Crippen LogP contribution < -0.4 is 10.1 Å². The van der Waals surface area contributed by atoms with Gasteiger partial charge in [0, 0.05) is 18.9 Å². The minimum Gasteiger partial charge on any atom is -0.490 e. The lowest BCUT2D eigenvalue weighted by Crippen LogP contribution is -2.25. The Bertz CT molecular complexity index is 358. The highest BCUT2D eigenvalue weighted by Crippen LogP contribution is 2.19. The van der Waals surface area contributed by atoms with Gasteiger partial charge in [0.2, 0.25) is 0 Å². The second kappa shape index (κ2) is 7.51. The second-order valence-corrected chi connectivity index (χ2v) is 5.30. The summed E-state index contributed by atoms with van der Waals surface area (Å²) in [6.45, 7) is 3.86. The highest BCUT2D eigenvalue weighted by atomic mass is 16.5. The Kier molecular flexibility index (Phi) is 5.67. The van der Waals surface area contributed by atoms with Crippen molar-refractivity contribution in [1.82, 2.24) is 5.32 Å². The molecule has 2 rings (SSSR count).